The van der Waals surface area contributed by atoms with Crippen molar-refractivity contribution >= 4 is 32.7 Å². The summed E-state index contributed by atoms with van der Waals surface area (Å²) in [6.45, 7) is 2.30. The van der Waals surface area contributed by atoms with Crippen LogP contribution in [0.15, 0.2) is 65.7 Å². The van der Waals surface area contributed by atoms with Crippen LogP contribution in [-0.4, -0.2) is 59.8 Å². The Labute approximate surface area is 181 Å². The van der Waals surface area contributed by atoms with Crippen LogP contribution in [0.1, 0.15) is 12.5 Å². The zero-order valence-corrected chi connectivity index (χ0v) is 18.3. The van der Waals surface area contributed by atoms with Crippen molar-refractivity contribution in [3.63, 3.8) is 0 Å². The first-order valence-electron chi connectivity index (χ1n) is 9.93. The van der Waals surface area contributed by atoms with E-state index in [4.69, 9.17) is 4.74 Å². The summed E-state index contributed by atoms with van der Waals surface area (Å²) in [5, 5.41) is 0.520. The van der Waals surface area contributed by atoms with Crippen LogP contribution >= 0.6 is 11.8 Å². The van der Waals surface area contributed by atoms with Gasteiger partial charge in [-0.15, -0.1) is 0 Å². The van der Waals surface area contributed by atoms with Gasteiger partial charge in [0.05, 0.1) is 17.5 Å². The van der Waals surface area contributed by atoms with E-state index >= 15 is 0 Å². The third-order valence-corrected chi connectivity index (χ3v) is 8.52. The van der Waals surface area contributed by atoms with Gasteiger partial charge in [0.15, 0.2) is 21.1 Å². The molecule has 4 rings (SSSR count). The minimum atomic E-state index is -3.06. The number of nitrogens with zero attached hydrogens (tertiary/aromatic N) is 2. The van der Waals surface area contributed by atoms with Gasteiger partial charge in [-0.25, -0.2) is 8.42 Å². The number of thioether (sulfide) groups is 1. The van der Waals surface area contributed by atoms with Crippen molar-refractivity contribution in [3.8, 4) is 5.75 Å². The second-order valence-corrected chi connectivity index (χ2v) is 10.9. The molecule has 0 saturated carbocycles. The number of benzene rings is 2. The van der Waals surface area contributed by atoms with Gasteiger partial charge in [-0.1, -0.05) is 60.3 Å². The minimum Gasteiger partial charge on any atom is -0.481 e. The molecule has 30 heavy (non-hydrogen) atoms. The number of fused-ring (bicyclic) bond motifs is 1. The Morgan fingerprint density at radius 3 is 2.50 bits per heavy atom. The normalized spacial score (nSPS) is 24.6. The van der Waals surface area contributed by atoms with E-state index in [0.717, 1.165) is 6.42 Å². The van der Waals surface area contributed by atoms with Crippen LogP contribution in [0.5, 0.6) is 5.75 Å². The molecule has 0 N–H and O–H groups in total. The van der Waals surface area contributed by atoms with Crippen LogP contribution in [-0.2, 0) is 21.1 Å². The van der Waals surface area contributed by atoms with Gasteiger partial charge in [-0.3, -0.25) is 4.79 Å². The molecule has 2 aliphatic heterocycles. The van der Waals surface area contributed by atoms with Crippen molar-refractivity contribution in [1.29, 1.82) is 0 Å². The van der Waals surface area contributed by atoms with Crippen molar-refractivity contribution in [1.82, 2.24) is 4.90 Å². The van der Waals surface area contributed by atoms with Crippen molar-refractivity contribution < 1.29 is 17.9 Å². The molecular weight excluding hydrogens is 420 g/mol. The fourth-order valence-electron chi connectivity index (χ4n) is 3.73. The van der Waals surface area contributed by atoms with Gasteiger partial charge in [0.1, 0.15) is 5.75 Å². The average molecular weight is 445 g/mol. The van der Waals surface area contributed by atoms with Gasteiger partial charge in [0.2, 0.25) is 0 Å². The van der Waals surface area contributed by atoms with Gasteiger partial charge in [0, 0.05) is 11.8 Å². The zero-order chi connectivity index (χ0) is 21.1. The number of sulfone groups is 1. The number of amidine groups is 1. The highest BCUT2D eigenvalue weighted by molar-refractivity contribution is 8.15. The van der Waals surface area contributed by atoms with E-state index in [9.17, 15) is 13.2 Å². The molecule has 0 unspecified atom stereocenters. The molecule has 2 saturated heterocycles. The summed E-state index contributed by atoms with van der Waals surface area (Å²) >= 11 is 1.40. The lowest BCUT2D eigenvalue weighted by Gasteiger charge is -2.24. The zero-order valence-electron chi connectivity index (χ0n) is 16.7. The molecule has 0 radical (unpaired) electrons. The fourth-order valence-corrected chi connectivity index (χ4v) is 7.71. The summed E-state index contributed by atoms with van der Waals surface area (Å²) in [5.41, 5.74) is 1.17. The summed E-state index contributed by atoms with van der Waals surface area (Å²) in [6, 6.07) is 19.0. The van der Waals surface area contributed by atoms with Crippen LogP contribution in [0.25, 0.3) is 0 Å². The SMILES string of the molecule is C[C@H](Oc1ccccc1)C(=O)N=C1S[C@H]2CS(=O)(=O)C[C@@H]2N1CCc1ccccc1. The van der Waals surface area contributed by atoms with E-state index in [1.54, 1.807) is 19.1 Å². The van der Waals surface area contributed by atoms with E-state index in [-0.39, 0.29) is 28.7 Å². The van der Waals surface area contributed by atoms with E-state index in [2.05, 4.69) is 4.99 Å². The number of carbonyl (C=O) groups is 1. The maximum atomic E-state index is 12.7. The van der Waals surface area contributed by atoms with Crippen LogP contribution in [0.4, 0.5) is 0 Å². The molecule has 0 aliphatic carbocycles. The Kier molecular flexibility index (Phi) is 6.15. The van der Waals surface area contributed by atoms with Gasteiger partial charge >= 0.3 is 0 Å². The molecule has 0 spiro atoms. The number of hydrogen-bond acceptors (Lipinski definition) is 5. The van der Waals surface area contributed by atoms with Crippen LogP contribution in [0.3, 0.4) is 0 Å². The lowest BCUT2D eigenvalue weighted by atomic mass is 10.1. The molecule has 8 heteroatoms. The summed E-state index contributed by atoms with van der Waals surface area (Å²) < 4.78 is 30.0. The van der Waals surface area contributed by atoms with E-state index < -0.39 is 15.9 Å². The van der Waals surface area contributed by atoms with Crippen molar-refractivity contribution in [2.24, 2.45) is 4.99 Å². The number of hydrogen-bond donors (Lipinski definition) is 0. The molecule has 3 atom stereocenters. The van der Waals surface area contributed by atoms with Crippen LogP contribution in [0.2, 0.25) is 0 Å². The van der Waals surface area contributed by atoms with Gasteiger partial charge in [0.25, 0.3) is 5.91 Å². The Hall–Kier alpha value is -2.32. The average Bonchev–Trinajstić information content (AvgIpc) is 3.18. The molecular formula is C22H24N2O4S2. The minimum absolute atomic E-state index is 0.0809. The number of para-hydroxylation sites is 1. The van der Waals surface area contributed by atoms with Crippen LogP contribution < -0.4 is 4.74 Å². The Morgan fingerprint density at radius 1 is 1.13 bits per heavy atom. The molecule has 0 bridgehead atoms. The van der Waals surface area contributed by atoms with E-state index in [1.165, 1.54) is 17.3 Å². The third-order valence-electron chi connectivity index (χ3n) is 5.27. The second kappa shape index (κ2) is 8.81. The molecule has 0 aromatic heterocycles. The lowest BCUT2D eigenvalue weighted by molar-refractivity contribution is -0.123. The summed E-state index contributed by atoms with van der Waals surface area (Å²) in [5.74, 6) is 0.492. The first-order chi connectivity index (χ1) is 14.4. The number of ether oxygens (including phenoxy) is 1. The van der Waals surface area contributed by atoms with E-state index in [0.29, 0.717) is 17.5 Å². The highest BCUT2D eigenvalue weighted by atomic mass is 32.2. The molecule has 2 aromatic carbocycles. The predicted octanol–water partition coefficient (Wildman–Crippen LogP) is 2.79. The van der Waals surface area contributed by atoms with Gasteiger partial charge < -0.3 is 9.64 Å². The lowest BCUT2D eigenvalue weighted by Crippen LogP contribution is -2.39. The first kappa shape index (κ1) is 20.9. The molecule has 2 heterocycles. The number of rotatable bonds is 6. The third kappa shape index (κ3) is 4.87. The van der Waals surface area contributed by atoms with Crippen LogP contribution in [0, 0.1) is 0 Å². The number of aliphatic imine (C=N–C) groups is 1. The standard InChI is InChI=1S/C22H24N2O4S2/c1-16(28-18-10-6-3-7-11-18)21(25)23-22-24(13-12-17-8-4-2-5-9-17)19-14-30(26,27)15-20(19)29-22/h2-11,16,19-20H,12-15H2,1H3/t16-,19-,20-/m0/s1. The molecule has 2 aliphatic rings. The predicted molar refractivity (Wildman–Crippen MR) is 120 cm³/mol. The monoisotopic (exact) mass is 444 g/mol. The Bertz CT molecular complexity index is 1030. The molecule has 1 amide bonds. The quantitative estimate of drug-likeness (QED) is 0.682. The van der Waals surface area contributed by atoms with Crippen molar-refractivity contribution in [2.75, 3.05) is 18.1 Å². The summed E-state index contributed by atoms with van der Waals surface area (Å²) in [4.78, 5) is 19.0. The molecule has 2 fully saturated rings. The van der Waals surface area contributed by atoms with E-state index in [1.807, 2.05) is 53.4 Å². The fraction of sp³-hybridized carbons (Fsp3) is 0.364. The molecule has 6 nitrogen and oxygen atoms in total. The number of amides is 1. The van der Waals surface area contributed by atoms with Gasteiger partial charge in [-0.05, 0) is 31.0 Å². The Morgan fingerprint density at radius 2 is 1.80 bits per heavy atom. The largest absolute Gasteiger partial charge is 0.481 e. The highest BCUT2D eigenvalue weighted by Crippen LogP contribution is 2.38. The summed E-state index contributed by atoms with van der Waals surface area (Å²) in [7, 11) is -3.06. The second-order valence-electron chi connectivity index (χ2n) is 7.54. The first-order valence-corrected chi connectivity index (χ1v) is 12.6. The van der Waals surface area contributed by atoms with Gasteiger partial charge in [-0.2, -0.15) is 4.99 Å². The van der Waals surface area contributed by atoms with Crippen molar-refractivity contribution in [3.05, 3.63) is 66.2 Å². The molecule has 2 aromatic rings. The van der Waals surface area contributed by atoms with Crippen molar-refractivity contribution in [2.45, 2.75) is 30.7 Å². The maximum absolute atomic E-state index is 12.7. The Balaban J connectivity index is 1.50. The maximum Gasteiger partial charge on any atom is 0.288 e. The highest BCUT2D eigenvalue weighted by Gasteiger charge is 2.48. The summed E-state index contributed by atoms with van der Waals surface area (Å²) in [6.07, 6.45) is 0.0363. The number of carbonyl (C=O) groups excluding carboxylic acids is 1. The smallest absolute Gasteiger partial charge is 0.288 e. The topological polar surface area (TPSA) is 76.0 Å². The molecule has 158 valence electrons.